The Balaban J connectivity index is 1.76. The fourth-order valence-electron chi connectivity index (χ4n) is 3.64. The van der Waals surface area contributed by atoms with Crippen LogP contribution in [0.4, 0.5) is 5.69 Å². The molecule has 8 heteroatoms. The second-order valence-corrected chi connectivity index (χ2v) is 7.19. The van der Waals surface area contributed by atoms with E-state index in [2.05, 4.69) is 10.3 Å². The molecule has 2 heterocycles. The van der Waals surface area contributed by atoms with E-state index < -0.39 is 0 Å². The molecule has 1 amide bonds. The van der Waals surface area contributed by atoms with Crippen molar-refractivity contribution in [2.75, 3.05) is 19.5 Å². The maximum Gasteiger partial charge on any atom is 0.280 e. The Hall–Kier alpha value is -4.07. The number of nitrogens with zero attached hydrogens (tertiary/aromatic N) is 3. The molecule has 2 aromatic heterocycles. The van der Waals surface area contributed by atoms with Gasteiger partial charge in [0.05, 0.1) is 31.0 Å². The number of carbonyl (C=O) groups excluding carboxylic acids is 1. The number of ether oxygens (including phenoxy) is 2. The summed E-state index contributed by atoms with van der Waals surface area (Å²) in [6.07, 6.45) is 2.44. The lowest BCUT2D eigenvalue weighted by Crippen LogP contribution is -2.27. The summed E-state index contributed by atoms with van der Waals surface area (Å²) in [5.41, 5.74) is 2.45. The Morgan fingerprint density at radius 3 is 2.66 bits per heavy atom. The van der Waals surface area contributed by atoms with Crippen LogP contribution in [0, 0.1) is 0 Å². The lowest BCUT2D eigenvalue weighted by atomic mass is 10.1. The molecular weight excluding hydrogens is 408 g/mol. The lowest BCUT2D eigenvalue weighted by Gasteiger charge is -2.15. The molecule has 8 nitrogen and oxygen atoms in total. The van der Waals surface area contributed by atoms with Crippen molar-refractivity contribution in [3.63, 3.8) is 0 Å². The van der Waals surface area contributed by atoms with E-state index in [-0.39, 0.29) is 18.0 Å². The molecule has 32 heavy (non-hydrogen) atoms. The minimum atomic E-state index is -0.334. The molecule has 164 valence electrons. The zero-order valence-corrected chi connectivity index (χ0v) is 18.2. The van der Waals surface area contributed by atoms with Gasteiger partial charge >= 0.3 is 0 Å². The standard InChI is InChI=1S/C24H24N4O4/c1-4-16-7-5-8-17(13-16)28-24(30)19-9-6-12-25-23(19)27(28)15-22(29)26-20-14-18(31-2)10-11-21(20)32-3/h5-14H,4,15H2,1-3H3,(H,26,29). The Morgan fingerprint density at radius 2 is 1.91 bits per heavy atom. The van der Waals surface area contributed by atoms with Crippen molar-refractivity contribution in [1.82, 2.24) is 14.3 Å². The molecule has 0 fully saturated rings. The number of nitrogens with one attached hydrogen (secondary N) is 1. The van der Waals surface area contributed by atoms with E-state index in [0.717, 1.165) is 12.0 Å². The Bertz CT molecular complexity index is 1340. The van der Waals surface area contributed by atoms with Gasteiger partial charge < -0.3 is 14.8 Å². The van der Waals surface area contributed by atoms with Crippen molar-refractivity contribution in [2.24, 2.45) is 0 Å². The van der Waals surface area contributed by atoms with Crippen molar-refractivity contribution in [3.8, 4) is 17.2 Å². The molecule has 4 rings (SSSR count). The van der Waals surface area contributed by atoms with E-state index in [1.807, 2.05) is 31.2 Å². The van der Waals surface area contributed by atoms with Crippen LogP contribution in [0.3, 0.4) is 0 Å². The first kappa shape index (κ1) is 21.2. The zero-order valence-electron chi connectivity index (χ0n) is 18.2. The molecule has 0 atom stereocenters. The molecule has 0 aliphatic heterocycles. The summed E-state index contributed by atoms with van der Waals surface area (Å²) in [5, 5.41) is 3.30. The second-order valence-electron chi connectivity index (χ2n) is 7.19. The lowest BCUT2D eigenvalue weighted by molar-refractivity contribution is -0.117. The Kier molecular flexibility index (Phi) is 5.93. The predicted molar refractivity (Wildman–Crippen MR) is 123 cm³/mol. The number of aryl methyl sites for hydroxylation is 1. The van der Waals surface area contributed by atoms with Crippen LogP contribution in [0.2, 0.25) is 0 Å². The van der Waals surface area contributed by atoms with Crippen LogP contribution >= 0.6 is 0 Å². The fraction of sp³-hybridized carbons (Fsp3) is 0.208. The van der Waals surface area contributed by atoms with Gasteiger partial charge in [-0.05, 0) is 48.4 Å². The summed E-state index contributed by atoms with van der Waals surface area (Å²) in [4.78, 5) is 30.6. The summed E-state index contributed by atoms with van der Waals surface area (Å²) in [7, 11) is 3.08. The van der Waals surface area contributed by atoms with Crippen molar-refractivity contribution < 1.29 is 14.3 Å². The number of pyridine rings is 1. The monoisotopic (exact) mass is 432 g/mol. The SMILES string of the molecule is CCc1cccc(-n2c(=O)c3cccnc3n2CC(=O)Nc2cc(OC)ccc2OC)c1. The molecule has 0 spiro atoms. The van der Waals surface area contributed by atoms with E-state index in [0.29, 0.717) is 33.9 Å². The second kappa shape index (κ2) is 8.97. The first-order valence-corrected chi connectivity index (χ1v) is 10.2. The number of carbonyl (C=O) groups is 1. The van der Waals surface area contributed by atoms with Crippen molar-refractivity contribution in [1.29, 1.82) is 0 Å². The van der Waals surface area contributed by atoms with E-state index in [1.54, 1.807) is 48.3 Å². The molecule has 0 unspecified atom stereocenters. The number of fused-ring (bicyclic) bond motifs is 1. The fourth-order valence-corrected chi connectivity index (χ4v) is 3.64. The van der Waals surface area contributed by atoms with Crippen LogP contribution in [-0.4, -0.2) is 34.5 Å². The number of rotatable bonds is 7. The first-order chi connectivity index (χ1) is 15.5. The third-order valence-corrected chi connectivity index (χ3v) is 5.23. The minimum absolute atomic E-state index is 0.119. The summed E-state index contributed by atoms with van der Waals surface area (Å²) >= 11 is 0. The van der Waals surface area contributed by atoms with Gasteiger partial charge in [-0.3, -0.25) is 14.3 Å². The highest BCUT2D eigenvalue weighted by atomic mass is 16.5. The van der Waals surface area contributed by atoms with Gasteiger partial charge in [0.2, 0.25) is 5.91 Å². The van der Waals surface area contributed by atoms with E-state index in [9.17, 15) is 9.59 Å². The number of amides is 1. The highest BCUT2D eigenvalue weighted by Gasteiger charge is 2.19. The average Bonchev–Trinajstić information content (AvgIpc) is 3.10. The predicted octanol–water partition coefficient (Wildman–Crippen LogP) is 3.41. The molecule has 0 saturated heterocycles. The minimum Gasteiger partial charge on any atom is -0.497 e. The van der Waals surface area contributed by atoms with Gasteiger partial charge in [0.15, 0.2) is 5.65 Å². The molecule has 4 aromatic rings. The number of hydrogen-bond acceptors (Lipinski definition) is 5. The Labute approximate surface area is 185 Å². The summed E-state index contributed by atoms with van der Waals surface area (Å²) in [6, 6.07) is 16.3. The smallest absolute Gasteiger partial charge is 0.280 e. The van der Waals surface area contributed by atoms with Crippen LogP contribution in [-0.2, 0) is 17.8 Å². The molecule has 0 saturated carbocycles. The average molecular weight is 432 g/mol. The van der Waals surface area contributed by atoms with Crippen molar-refractivity contribution in [3.05, 3.63) is 76.7 Å². The summed E-state index contributed by atoms with van der Waals surface area (Å²) in [6.45, 7) is 1.93. The number of hydrogen-bond donors (Lipinski definition) is 1. The van der Waals surface area contributed by atoms with Crippen LogP contribution in [0.25, 0.3) is 16.7 Å². The van der Waals surface area contributed by atoms with Gasteiger partial charge in [-0.15, -0.1) is 0 Å². The molecular formula is C24H24N4O4. The first-order valence-electron chi connectivity index (χ1n) is 10.2. The molecule has 0 aliphatic carbocycles. The van der Waals surface area contributed by atoms with Crippen LogP contribution in [0.5, 0.6) is 11.5 Å². The van der Waals surface area contributed by atoms with Gasteiger partial charge in [0.1, 0.15) is 18.0 Å². The van der Waals surface area contributed by atoms with Gasteiger partial charge in [0.25, 0.3) is 5.56 Å². The quantitative estimate of drug-likeness (QED) is 0.484. The normalized spacial score (nSPS) is 10.8. The highest BCUT2D eigenvalue weighted by Crippen LogP contribution is 2.29. The molecule has 2 aromatic carbocycles. The highest BCUT2D eigenvalue weighted by molar-refractivity contribution is 5.93. The summed E-state index contributed by atoms with van der Waals surface area (Å²) < 4.78 is 13.7. The molecule has 1 N–H and O–H groups in total. The summed E-state index contributed by atoms with van der Waals surface area (Å²) in [5.74, 6) is 0.754. The van der Waals surface area contributed by atoms with Gasteiger partial charge in [-0.2, -0.15) is 0 Å². The number of methoxy groups -OCH3 is 2. The van der Waals surface area contributed by atoms with E-state index >= 15 is 0 Å². The number of benzene rings is 2. The number of aromatic nitrogens is 3. The molecule has 0 radical (unpaired) electrons. The van der Waals surface area contributed by atoms with Gasteiger partial charge in [0, 0.05) is 12.3 Å². The Morgan fingerprint density at radius 1 is 1.06 bits per heavy atom. The van der Waals surface area contributed by atoms with Crippen LogP contribution < -0.4 is 20.3 Å². The van der Waals surface area contributed by atoms with Crippen molar-refractivity contribution >= 4 is 22.6 Å². The third-order valence-electron chi connectivity index (χ3n) is 5.23. The van der Waals surface area contributed by atoms with E-state index in [1.165, 1.54) is 11.8 Å². The maximum absolute atomic E-state index is 13.2. The van der Waals surface area contributed by atoms with Gasteiger partial charge in [-0.25, -0.2) is 9.67 Å². The van der Waals surface area contributed by atoms with Crippen LogP contribution in [0.15, 0.2) is 65.6 Å². The molecule has 0 bridgehead atoms. The van der Waals surface area contributed by atoms with E-state index in [4.69, 9.17) is 9.47 Å². The van der Waals surface area contributed by atoms with Crippen molar-refractivity contribution in [2.45, 2.75) is 19.9 Å². The number of anilines is 1. The van der Waals surface area contributed by atoms with Gasteiger partial charge in [-0.1, -0.05) is 19.1 Å². The third kappa shape index (κ3) is 3.94. The van der Waals surface area contributed by atoms with Crippen LogP contribution in [0.1, 0.15) is 12.5 Å². The maximum atomic E-state index is 13.2. The molecule has 0 aliphatic rings. The topological polar surface area (TPSA) is 87.4 Å². The zero-order chi connectivity index (χ0) is 22.7. The largest absolute Gasteiger partial charge is 0.497 e.